The molecule has 1 atom stereocenters. The summed E-state index contributed by atoms with van der Waals surface area (Å²) in [5.41, 5.74) is 5.95. The van der Waals surface area contributed by atoms with E-state index in [0.29, 0.717) is 35.9 Å². The van der Waals surface area contributed by atoms with Crippen molar-refractivity contribution in [2.24, 2.45) is 5.73 Å². The normalized spacial score (nSPS) is 17.6. The van der Waals surface area contributed by atoms with Crippen LogP contribution in [0.2, 0.25) is 0 Å². The number of rotatable bonds is 7. The summed E-state index contributed by atoms with van der Waals surface area (Å²) in [5, 5.41) is 2.80. The van der Waals surface area contributed by atoms with Gasteiger partial charge in [0.15, 0.2) is 11.5 Å². The minimum Gasteiger partial charge on any atom is -0.493 e. The molecule has 2 amide bonds. The molecule has 1 saturated heterocycles. The standard InChI is InChI=1S/C17H25N3O5/c1-23-13-8-11(9-14(24-2)16(13)25-3)19-15(21)10-20-7-5-4-6-12(20)17(18)22/h8-9,12H,4-7,10H2,1-3H3,(H2,18,22)(H,19,21). The molecule has 1 aliphatic rings. The third kappa shape index (κ3) is 4.54. The molecular formula is C17H25N3O5. The van der Waals surface area contributed by atoms with Gasteiger partial charge in [0.05, 0.1) is 33.9 Å². The summed E-state index contributed by atoms with van der Waals surface area (Å²) in [5.74, 6) is 0.728. The van der Waals surface area contributed by atoms with Crippen molar-refractivity contribution in [2.75, 3.05) is 39.7 Å². The Morgan fingerprint density at radius 1 is 1.16 bits per heavy atom. The number of amides is 2. The number of hydrogen-bond donors (Lipinski definition) is 2. The molecule has 0 radical (unpaired) electrons. The van der Waals surface area contributed by atoms with E-state index in [2.05, 4.69) is 5.32 Å². The number of carbonyl (C=O) groups excluding carboxylic acids is 2. The Hall–Kier alpha value is -2.48. The number of anilines is 1. The van der Waals surface area contributed by atoms with E-state index < -0.39 is 0 Å². The lowest BCUT2D eigenvalue weighted by Gasteiger charge is -2.32. The fraction of sp³-hybridized carbons (Fsp3) is 0.529. The molecule has 0 aliphatic carbocycles. The van der Waals surface area contributed by atoms with Gasteiger partial charge in [0.2, 0.25) is 17.6 Å². The fourth-order valence-electron chi connectivity index (χ4n) is 3.04. The van der Waals surface area contributed by atoms with Gasteiger partial charge in [0.25, 0.3) is 0 Å². The van der Waals surface area contributed by atoms with Crippen molar-refractivity contribution in [3.8, 4) is 17.2 Å². The van der Waals surface area contributed by atoms with Gasteiger partial charge in [-0.05, 0) is 19.4 Å². The lowest BCUT2D eigenvalue weighted by atomic mass is 10.0. The third-order valence-corrected chi connectivity index (χ3v) is 4.24. The van der Waals surface area contributed by atoms with Crippen molar-refractivity contribution in [1.82, 2.24) is 4.90 Å². The maximum atomic E-state index is 12.4. The summed E-state index contributed by atoms with van der Waals surface area (Å²) in [6, 6.07) is 2.92. The van der Waals surface area contributed by atoms with Crippen molar-refractivity contribution in [3.63, 3.8) is 0 Å². The van der Waals surface area contributed by atoms with Crippen LogP contribution in [0.25, 0.3) is 0 Å². The first kappa shape index (κ1) is 18.9. The molecule has 1 unspecified atom stereocenters. The lowest BCUT2D eigenvalue weighted by Crippen LogP contribution is -2.50. The Balaban J connectivity index is 2.10. The van der Waals surface area contributed by atoms with E-state index in [-0.39, 0.29) is 24.4 Å². The van der Waals surface area contributed by atoms with Crippen LogP contribution in [0.4, 0.5) is 5.69 Å². The first-order valence-corrected chi connectivity index (χ1v) is 8.13. The van der Waals surface area contributed by atoms with Gasteiger partial charge in [0.1, 0.15) is 0 Å². The van der Waals surface area contributed by atoms with E-state index in [1.165, 1.54) is 21.3 Å². The predicted molar refractivity (Wildman–Crippen MR) is 93.1 cm³/mol. The van der Waals surface area contributed by atoms with Gasteiger partial charge in [0, 0.05) is 17.8 Å². The van der Waals surface area contributed by atoms with Crippen LogP contribution in [0.5, 0.6) is 17.2 Å². The number of nitrogens with one attached hydrogen (secondary N) is 1. The smallest absolute Gasteiger partial charge is 0.238 e. The molecule has 1 aromatic carbocycles. The molecular weight excluding hydrogens is 326 g/mol. The number of hydrogen-bond acceptors (Lipinski definition) is 6. The number of nitrogens with zero attached hydrogens (tertiary/aromatic N) is 1. The van der Waals surface area contributed by atoms with Crippen LogP contribution in [0, 0.1) is 0 Å². The zero-order valence-corrected chi connectivity index (χ0v) is 14.8. The second-order valence-electron chi connectivity index (χ2n) is 5.85. The molecule has 0 bridgehead atoms. The molecule has 0 spiro atoms. The first-order chi connectivity index (χ1) is 12.0. The van der Waals surface area contributed by atoms with Gasteiger partial charge in [-0.1, -0.05) is 6.42 Å². The van der Waals surface area contributed by atoms with Crippen LogP contribution >= 0.6 is 0 Å². The van der Waals surface area contributed by atoms with E-state index in [0.717, 1.165) is 12.8 Å². The maximum Gasteiger partial charge on any atom is 0.238 e. The largest absolute Gasteiger partial charge is 0.493 e. The van der Waals surface area contributed by atoms with Crippen LogP contribution in [-0.2, 0) is 9.59 Å². The van der Waals surface area contributed by atoms with E-state index >= 15 is 0 Å². The summed E-state index contributed by atoms with van der Waals surface area (Å²) in [6.45, 7) is 0.778. The molecule has 1 aromatic rings. The van der Waals surface area contributed by atoms with Crippen LogP contribution in [0.1, 0.15) is 19.3 Å². The highest BCUT2D eigenvalue weighted by atomic mass is 16.5. The van der Waals surface area contributed by atoms with Crippen molar-refractivity contribution < 1.29 is 23.8 Å². The zero-order chi connectivity index (χ0) is 18.4. The number of methoxy groups -OCH3 is 3. The highest BCUT2D eigenvalue weighted by Gasteiger charge is 2.28. The molecule has 8 heteroatoms. The Morgan fingerprint density at radius 3 is 2.32 bits per heavy atom. The molecule has 1 fully saturated rings. The van der Waals surface area contributed by atoms with Gasteiger partial charge in [-0.3, -0.25) is 14.5 Å². The van der Waals surface area contributed by atoms with E-state index in [1.54, 1.807) is 12.1 Å². The van der Waals surface area contributed by atoms with Gasteiger partial charge in [-0.25, -0.2) is 0 Å². The predicted octanol–water partition coefficient (Wildman–Crippen LogP) is 0.991. The molecule has 1 aliphatic heterocycles. The lowest BCUT2D eigenvalue weighted by molar-refractivity contribution is -0.126. The summed E-state index contributed by atoms with van der Waals surface area (Å²) in [6.07, 6.45) is 2.58. The zero-order valence-electron chi connectivity index (χ0n) is 14.8. The molecule has 138 valence electrons. The summed E-state index contributed by atoms with van der Waals surface area (Å²) >= 11 is 0. The number of ether oxygens (including phenoxy) is 3. The average Bonchev–Trinajstić information content (AvgIpc) is 2.60. The Kier molecular flexibility index (Phi) is 6.46. The number of piperidine rings is 1. The van der Waals surface area contributed by atoms with E-state index in [1.807, 2.05) is 4.90 Å². The van der Waals surface area contributed by atoms with Crippen molar-refractivity contribution >= 4 is 17.5 Å². The fourth-order valence-corrected chi connectivity index (χ4v) is 3.04. The van der Waals surface area contributed by atoms with Gasteiger partial charge in [-0.15, -0.1) is 0 Å². The molecule has 25 heavy (non-hydrogen) atoms. The topological polar surface area (TPSA) is 103 Å². The minimum atomic E-state index is -0.389. The van der Waals surface area contributed by atoms with Gasteiger partial charge < -0.3 is 25.3 Å². The van der Waals surface area contributed by atoms with Crippen LogP contribution < -0.4 is 25.3 Å². The molecule has 2 rings (SSSR count). The van der Waals surface area contributed by atoms with Crippen LogP contribution in [-0.4, -0.2) is 57.2 Å². The average molecular weight is 351 g/mol. The van der Waals surface area contributed by atoms with Crippen molar-refractivity contribution in [1.29, 1.82) is 0 Å². The summed E-state index contributed by atoms with van der Waals surface area (Å²) < 4.78 is 15.8. The van der Waals surface area contributed by atoms with Gasteiger partial charge >= 0.3 is 0 Å². The Labute approximate surface area is 147 Å². The Bertz CT molecular complexity index is 610. The number of benzene rings is 1. The minimum absolute atomic E-state index is 0.101. The van der Waals surface area contributed by atoms with Crippen LogP contribution in [0.15, 0.2) is 12.1 Å². The summed E-state index contributed by atoms with van der Waals surface area (Å²) in [7, 11) is 4.53. The molecule has 3 N–H and O–H groups in total. The number of likely N-dealkylation sites (tertiary alicyclic amines) is 1. The molecule has 1 heterocycles. The van der Waals surface area contributed by atoms with E-state index in [4.69, 9.17) is 19.9 Å². The highest BCUT2D eigenvalue weighted by Crippen LogP contribution is 2.39. The first-order valence-electron chi connectivity index (χ1n) is 8.13. The van der Waals surface area contributed by atoms with Crippen molar-refractivity contribution in [3.05, 3.63) is 12.1 Å². The second kappa shape index (κ2) is 8.57. The molecule has 0 saturated carbocycles. The Morgan fingerprint density at radius 2 is 1.80 bits per heavy atom. The summed E-state index contributed by atoms with van der Waals surface area (Å²) in [4.78, 5) is 25.7. The van der Waals surface area contributed by atoms with E-state index in [9.17, 15) is 9.59 Å². The SMILES string of the molecule is COc1cc(NC(=O)CN2CCCCC2C(N)=O)cc(OC)c1OC. The van der Waals surface area contributed by atoms with Crippen LogP contribution in [0.3, 0.4) is 0 Å². The monoisotopic (exact) mass is 351 g/mol. The number of primary amides is 1. The highest BCUT2D eigenvalue weighted by molar-refractivity contribution is 5.93. The number of carbonyl (C=O) groups is 2. The van der Waals surface area contributed by atoms with Crippen molar-refractivity contribution in [2.45, 2.75) is 25.3 Å². The number of nitrogens with two attached hydrogens (primary N) is 1. The van der Waals surface area contributed by atoms with Gasteiger partial charge in [-0.2, -0.15) is 0 Å². The molecule has 0 aromatic heterocycles. The second-order valence-corrected chi connectivity index (χ2v) is 5.85. The quantitative estimate of drug-likeness (QED) is 0.759. The maximum absolute atomic E-state index is 12.4. The molecule has 8 nitrogen and oxygen atoms in total. The third-order valence-electron chi connectivity index (χ3n) is 4.24.